The second kappa shape index (κ2) is 8.24. The Kier molecular flexibility index (Phi) is 5.78. The average molecular weight is 403 g/mol. The van der Waals surface area contributed by atoms with E-state index in [1.54, 1.807) is 35.1 Å². The summed E-state index contributed by atoms with van der Waals surface area (Å²) in [6.07, 6.45) is 3.09. The summed E-state index contributed by atoms with van der Waals surface area (Å²) in [6, 6.07) is 12.3. The van der Waals surface area contributed by atoms with Crippen LogP contribution in [0.2, 0.25) is 10.0 Å². The third-order valence-electron chi connectivity index (χ3n) is 3.73. The summed E-state index contributed by atoms with van der Waals surface area (Å²) in [5.74, 6) is -0.616. The molecule has 2 N–H and O–H groups in total. The Labute approximate surface area is 166 Å². The van der Waals surface area contributed by atoms with Crippen LogP contribution in [-0.4, -0.2) is 21.6 Å². The highest BCUT2D eigenvalue weighted by Gasteiger charge is 2.13. The first-order valence-electron chi connectivity index (χ1n) is 8.07. The monoisotopic (exact) mass is 402 g/mol. The van der Waals surface area contributed by atoms with Crippen LogP contribution in [0.5, 0.6) is 0 Å². The number of anilines is 2. The third kappa shape index (κ3) is 4.87. The molecule has 0 spiro atoms. The van der Waals surface area contributed by atoms with Crippen molar-refractivity contribution in [2.24, 2.45) is 0 Å². The van der Waals surface area contributed by atoms with Gasteiger partial charge in [0.15, 0.2) is 0 Å². The van der Waals surface area contributed by atoms with Crippen LogP contribution in [0.1, 0.15) is 22.8 Å². The van der Waals surface area contributed by atoms with Crippen LogP contribution in [0.15, 0.2) is 54.9 Å². The molecule has 0 saturated carbocycles. The van der Waals surface area contributed by atoms with Crippen molar-refractivity contribution in [3.05, 3.63) is 76.0 Å². The SMILES string of the molecule is CC(=O)Nc1ccc(Cl)cc1NC(=O)c1cnn(Cc2ccccc2Cl)c1. The number of nitrogens with one attached hydrogen (secondary N) is 2. The first-order chi connectivity index (χ1) is 12.9. The van der Waals surface area contributed by atoms with E-state index in [1.165, 1.54) is 13.1 Å². The number of nitrogens with zero attached hydrogens (tertiary/aromatic N) is 2. The Morgan fingerprint density at radius 3 is 2.59 bits per heavy atom. The summed E-state index contributed by atoms with van der Waals surface area (Å²) >= 11 is 12.2. The van der Waals surface area contributed by atoms with Gasteiger partial charge >= 0.3 is 0 Å². The maximum Gasteiger partial charge on any atom is 0.258 e. The van der Waals surface area contributed by atoms with Gasteiger partial charge in [0.1, 0.15) is 0 Å². The van der Waals surface area contributed by atoms with Gasteiger partial charge in [0.25, 0.3) is 5.91 Å². The molecular formula is C19H16Cl2N4O2. The Morgan fingerprint density at radius 2 is 1.85 bits per heavy atom. The molecule has 6 nitrogen and oxygen atoms in total. The normalized spacial score (nSPS) is 10.5. The van der Waals surface area contributed by atoms with Crippen LogP contribution in [0.25, 0.3) is 0 Å². The van der Waals surface area contributed by atoms with E-state index in [0.717, 1.165) is 5.56 Å². The average Bonchev–Trinajstić information content (AvgIpc) is 3.08. The van der Waals surface area contributed by atoms with Gasteiger partial charge in [-0.25, -0.2) is 0 Å². The molecule has 0 aliphatic carbocycles. The number of carbonyl (C=O) groups is 2. The second-order valence-corrected chi connectivity index (χ2v) is 6.69. The maximum atomic E-state index is 12.5. The Morgan fingerprint density at radius 1 is 1.07 bits per heavy atom. The fraction of sp³-hybridized carbons (Fsp3) is 0.105. The molecule has 138 valence electrons. The van der Waals surface area contributed by atoms with Crippen molar-refractivity contribution in [2.75, 3.05) is 10.6 Å². The Balaban J connectivity index is 1.76. The van der Waals surface area contributed by atoms with Crippen LogP contribution < -0.4 is 10.6 Å². The minimum absolute atomic E-state index is 0.250. The minimum Gasteiger partial charge on any atom is -0.325 e. The zero-order valence-electron chi connectivity index (χ0n) is 14.4. The molecule has 0 saturated heterocycles. The van der Waals surface area contributed by atoms with Gasteiger partial charge in [-0.2, -0.15) is 5.10 Å². The predicted octanol–water partition coefficient (Wildman–Crippen LogP) is 4.45. The van der Waals surface area contributed by atoms with Gasteiger partial charge in [0.05, 0.1) is 29.7 Å². The molecule has 0 aliphatic rings. The van der Waals surface area contributed by atoms with E-state index in [0.29, 0.717) is 33.5 Å². The van der Waals surface area contributed by atoms with Gasteiger partial charge < -0.3 is 10.6 Å². The number of hydrogen-bond donors (Lipinski definition) is 2. The summed E-state index contributed by atoms with van der Waals surface area (Å²) in [4.78, 5) is 23.9. The van der Waals surface area contributed by atoms with E-state index in [9.17, 15) is 9.59 Å². The molecule has 8 heteroatoms. The van der Waals surface area contributed by atoms with Crippen LogP contribution in [0, 0.1) is 0 Å². The van der Waals surface area contributed by atoms with Gasteiger partial charge in [-0.05, 0) is 29.8 Å². The first kappa shape index (κ1) is 18.9. The summed E-state index contributed by atoms with van der Waals surface area (Å²) in [5, 5.41) is 10.7. The smallest absolute Gasteiger partial charge is 0.258 e. The van der Waals surface area contributed by atoms with Crippen molar-refractivity contribution in [2.45, 2.75) is 13.5 Å². The van der Waals surface area contributed by atoms with Crippen LogP contribution in [0.3, 0.4) is 0 Å². The molecular weight excluding hydrogens is 387 g/mol. The van der Waals surface area contributed by atoms with E-state index in [-0.39, 0.29) is 11.8 Å². The van der Waals surface area contributed by atoms with Gasteiger partial charge in [-0.1, -0.05) is 41.4 Å². The first-order valence-corrected chi connectivity index (χ1v) is 8.82. The lowest BCUT2D eigenvalue weighted by molar-refractivity contribution is -0.114. The molecule has 0 unspecified atom stereocenters. The van der Waals surface area contributed by atoms with E-state index in [4.69, 9.17) is 23.2 Å². The predicted molar refractivity (Wildman–Crippen MR) is 106 cm³/mol. The zero-order valence-corrected chi connectivity index (χ0v) is 15.9. The molecule has 0 fully saturated rings. The molecule has 27 heavy (non-hydrogen) atoms. The number of benzene rings is 2. The van der Waals surface area contributed by atoms with Crippen molar-refractivity contribution in [1.82, 2.24) is 9.78 Å². The highest BCUT2D eigenvalue weighted by Crippen LogP contribution is 2.26. The minimum atomic E-state index is -0.366. The highest BCUT2D eigenvalue weighted by atomic mass is 35.5. The van der Waals surface area contributed by atoms with Gasteiger partial charge in [0.2, 0.25) is 5.91 Å². The molecule has 2 aromatic carbocycles. The second-order valence-electron chi connectivity index (χ2n) is 5.84. The Bertz CT molecular complexity index is 1000. The number of hydrogen-bond acceptors (Lipinski definition) is 3. The highest BCUT2D eigenvalue weighted by molar-refractivity contribution is 6.31. The Hall–Kier alpha value is -2.83. The number of carbonyl (C=O) groups excluding carboxylic acids is 2. The van der Waals surface area contributed by atoms with Crippen LogP contribution in [0.4, 0.5) is 11.4 Å². The van der Waals surface area contributed by atoms with E-state index < -0.39 is 0 Å². The maximum absolute atomic E-state index is 12.5. The van der Waals surface area contributed by atoms with Gasteiger partial charge in [-0.15, -0.1) is 0 Å². The summed E-state index contributed by atoms with van der Waals surface area (Å²) in [6.45, 7) is 1.83. The van der Waals surface area contributed by atoms with Crippen molar-refractivity contribution in [1.29, 1.82) is 0 Å². The van der Waals surface area contributed by atoms with Crippen molar-refractivity contribution in [3.63, 3.8) is 0 Å². The molecule has 3 aromatic rings. The fourth-order valence-corrected chi connectivity index (χ4v) is 2.85. The summed E-state index contributed by atoms with van der Waals surface area (Å²) in [5.41, 5.74) is 2.14. The van der Waals surface area contributed by atoms with Gasteiger partial charge in [0, 0.05) is 23.2 Å². The number of rotatable bonds is 5. The standard InChI is InChI=1S/C19H16Cl2N4O2/c1-12(26)23-17-7-6-15(20)8-18(17)24-19(27)14-9-22-25(11-14)10-13-4-2-3-5-16(13)21/h2-9,11H,10H2,1H3,(H,23,26)(H,24,27). The lowest BCUT2D eigenvalue weighted by Gasteiger charge is -2.11. The number of aromatic nitrogens is 2. The van der Waals surface area contributed by atoms with Crippen molar-refractivity contribution >= 4 is 46.4 Å². The quantitative estimate of drug-likeness (QED) is 0.661. The molecule has 0 bridgehead atoms. The van der Waals surface area contributed by atoms with E-state index >= 15 is 0 Å². The lowest BCUT2D eigenvalue weighted by atomic mass is 10.2. The molecule has 0 atom stereocenters. The summed E-state index contributed by atoms with van der Waals surface area (Å²) < 4.78 is 1.63. The largest absolute Gasteiger partial charge is 0.325 e. The lowest BCUT2D eigenvalue weighted by Crippen LogP contribution is -2.14. The molecule has 3 rings (SSSR count). The molecule has 0 radical (unpaired) electrons. The molecule has 2 amide bonds. The molecule has 0 aliphatic heterocycles. The van der Waals surface area contributed by atoms with Crippen molar-refractivity contribution in [3.8, 4) is 0 Å². The number of amides is 2. The van der Waals surface area contributed by atoms with Crippen LogP contribution in [-0.2, 0) is 11.3 Å². The summed E-state index contributed by atoms with van der Waals surface area (Å²) in [7, 11) is 0. The van der Waals surface area contributed by atoms with Gasteiger partial charge in [-0.3, -0.25) is 14.3 Å². The van der Waals surface area contributed by atoms with E-state index in [1.807, 2.05) is 18.2 Å². The number of halogens is 2. The topological polar surface area (TPSA) is 76.0 Å². The zero-order chi connectivity index (χ0) is 19.4. The molecule has 1 heterocycles. The third-order valence-corrected chi connectivity index (χ3v) is 4.33. The fourth-order valence-electron chi connectivity index (χ4n) is 2.48. The van der Waals surface area contributed by atoms with Crippen LogP contribution >= 0.6 is 23.2 Å². The molecule has 1 aromatic heterocycles. The van der Waals surface area contributed by atoms with Crippen molar-refractivity contribution < 1.29 is 9.59 Å². The van der Waals surface area contributed by atoms with E-state index in [2.05, 4.69) is 15.7 Å².